The lowest BCUT2D eigenvalue weighted by Crippen LogP contribution is -2.14. The number of amides is 1. The zero-order valence-corrected chi connectivity index (χ0v) is 18.4. The van der Waals surface area contributed by atoms with E-state index >= 15 is 0 Å². The normalized spacial score (nSPS) is 17.4. The van der Waals surface area contributed by atoms with E-state index in [-0.39, 0.29) is 28.4 Å². The quantitative estimate of drug-likeness (QED) is 0.573. The molecule has 0 spiro atoms. The van der Waals surface area contributed by atoms with Gasteiger partial charge in [0.15, 0.2) is 15.7 Å². The number of aryl methyl sites for hydroxylation is 1. The molecule has 4 rings (SSSR count). The molecule has 1 fully saturated rings. The predicted molar refractivity (Wildman–Crippen MR) is 120 cm³/mol. The van der Waals surface area contributed by atoms with Crippen LogP contribution >= 0.6 is 11.8 Å². The molecule has 0 aliphatic carbocycles. The number of hydrogen-bond acceptors (Lipinski definition) is 6. The standard InChI is InChI=1S/C22H21N3O4S2/c1-25-12-11-23-21(25)20(26)15-6-8-16(9-7-15)24-22(27)18-4-2-3-5-19(18)30-17-10-13-31(28,29)14-17/h2-9,11-12,17H,10,13-14H2,1H3,(H,24,27)/t17-/m0/s1. The topological polar surface area (TPSA) is 98.1 Å². The van der Waals surface area contributed by atoms with Crippen LogP contribution in [-0.2, 0) is 16.9 Å². The number of hydrogen-bond donors (Lipinski definition) is 1. The second kappa shape index (κ2) is 8.68. The van der Waals surface area contributed by atoms with E-state index in [0.717, 1.165) is 4.90 Å². The fourth-order valence-corrected chi connectivity index (χ4v) is 7.03. The Labute approximate surface area is 184 Å². The molecule has 1 amide bonds. The number of carbonyl (C=O) groups is 2. The molecular weight excluding hydrogens is 434 g/mol. The second-order valence-electron chi connectivity index (χ2n) is 7.36. The van der Waals surface area contributed by atoms with E-state index in [0.29, 0.717) is 29.1 Å². The number of thioether (sulfide) groups is 1. The minimum atomic E-state index is -2.98. The summed E-state index contributed by atoms with van der Waals surface area (Å²) in [6.07, 6.45) is 3.87. The monoisotopic (exact) mass is 455 g/mol. The van der Waals surface area contributed by atoms with Crippen molar-refractivity contribution < 1.29 is 18.0 Å². The zero-order valence-electron chi connectivity index (χ0n) is 16.8. The van der Waals surface area contributed by atoms with Gasteiger partial charge in [-0.1, -0.05) is 12.1 Å². The minimum Gasteiger partial charge on any atom is -0.331 e. The van der Waals surface area contributed by atoms with Crippen LogP contribution in [0, 0.1) is 0 Å². The van der Waals surface area contributed by atoms with Gasteiger partial charge in [-0.2, -0.15) is 0 Å². The average molecular weight is 456 g/mol. The van der Waals surface area contributed by atoms with Crippen molar-refractivity contribution in [2.45, 2.75) is 16.6 Å². The van der Waals surface area contributed by atoms with Crippen molar-refractivity contribution >= 4 is 39.0 Å². The number of benzene rings is 2. The van der Waals surface area contributed by atoms with Crippen LogP contribution in [0.5, 0.6) is 0 Å². The van der Waals surface area contributed by atoms with Gasteiger partial charge in [-0.25, -0.2) is 13.4 Å². The molecule has 2 heterocycles. The molecule has 0 bridgehead atoms. The van der Waals surface area contributed by atoms with Crippen LogP contribution in [0.4, 0.5) is 5.69 Å². The number of anilines is 1. The number of nitrogens with one attached hydrogen (secondary N) is 1. The van der Waals surface area contributed by atoms with E-state index in [4.69, 9.17) is 0 Å². The Morgan fingerprint density at radius 2 is 1.87 bits per heavy atom. The molecule has 3 aromatic rings. The number of aromatic nitrogens is 2. The third kappa shape index (κ3) is 4.88. The molecule has 2 aromatic carbocycles. The highest BCUT2D eigenvalue weighted by molar-refractivity contribution is 8.02. The highest BCUT2D eigenvalue weighted by atomic mass is 32.2. The van der Waals surface area contributed by atoms with Crippen molar-refractivity contribution in [2.24, 2.45) is 7.05 Å². The molecule has 0 unspecified atom stereocenters. The molecule has 1 aromatic heterocycles. The Balaban J connectivity index is 1.46. The Morgan fingerprint density at radius 1 is 1.13 bits per heavy atom. The smallest absolute Gasteiger partial charge is 0.256 e. The Kier molecular flexibility index (Phi) is 5.97. The zero-order chi connectivity index (χ0) is 22.0. The van der Waals surface area contributed by atoms with Gasteiger partial charge >= 0.3 is 0 Å². The van der Waals surface area contributed by atoms with Crippen LogP contribution in [0.25, 0.3) is 0 Å². The highest BCUT2D eigenvalue weighted by Gasteiger charge is 2.29. The van der Waals surface area contributed by atoms with Gasteiger partial charge in [-0.3, -0.25) is 9.59 Å². The van der Waals surface area contributed by atoms with Crippen molar-refractivity contribution in [1.82, 2.24) is 9.55 Å². The van der Waals surface area contributed by atoms with E-state index in [9.17, 15) is 18.0 Å². The van der Waals surface area contributed by atoms with Crippen molar-refractivity contribution in [2.75, 3.05) is 16.8 Å². The third-order valence-corrected chi connectivity index (χ3v) is 8.37. The van der Waals surface area contributed by atoms with Crippen LogP contribution < -0.4 is 5.32 Å². The summed E-state index contributed by atoms with van der Waals surface area (Å²) in [5.74, 6) is 0.198. The molecule has 1 aliphatic heterocycles. The summed E-state index contributed by atoms with van der Waals surface area (Å²) in [6, 6.07) is 13.8. The second-order valence-corrected chi connectivity index (χ2v) is 10.9. The van der Waals surface area contributed by atoms with Gasteiger partial charge in [0, 0.05) is 40.8 Å². The lowest BCUT2D eigenvalue weighted by atomic mass is 10.1. The van der Waals surface area contributed by atoms with E-state index in [2.05, 4.69) is 10.3 Å². The molecule has 7 nitrogen and oxygen atoms in total. The van der Waals surface area contributed by atoms with Gasteiger partial charge < -0.3 is 9.88 Å². The van der Waals surface area contributed by atoms with Crippen LogP contribution in [0.3, 0.4) is 0 Å². The number of nitrogens with zero attached hydrogens (tertiary/aromatic N) is 2. The van der Waals surface area contributed by atoms with Gasteiger partial charge in [0.1, 0.15) is 0 Å². The predicted octanol–water partition coefficient (Wildman–Crippen LogP) is 3.18. The van der Waals surface area contributed by atoms with Gasteiger partial charge in [-0.15, -0.1) is 11.8 Å². The maximum Gasteiger partial charge on any atom is 0.256 e. The average Bonchev–Trinajstić information content (AvgIpc) is 3.33. The number of ketones is 1. The summed E-state index contributed by atoms with van der Waals surface area (Å²) in [7, 11) is -1.23. The molecular formula is C22H21N3O4S2. The van der Waals surface area contributed by atoms with E-state index in [1.807, 2.05) is 12.1 Å². The first-order valence-corrected chi connectivity index (χ1v) is 12.4. The SMILES string of the molecule is Cn1ccnc1C(=O)c1ccc(NC(=O)c2ccccc2S[C@H]2CCS(=O)(=O)C2)cc1. The van der Waals surface area contributed by atoms with Crippen LogP contribution in [0.15, 0.2) is 65.8 Å². The van der Waals surface area contributed by atoms with Crippen LogP contribution in [-0.4, -0.2) is 46.4 Å². The van der Waals surface area contributed by atoms with Crippen LogP contribution in [0.1, 0.15) is 33.0 Å². The van der Waals surface area contributed by atoms with Crippen molar-refractivity contribution in [1.29, 1.82) is 0 Å². The number of imidazole rings is 1. The van der Waals surface area contributed by atoms with E-state index < -0.39 is 9.84 Å². The van der Waals surface area contributed by atoms with Gasteiger partial charge in [0.2, 0.25) is 5.78 Å². The van der Waals surface area contributed by atoms with E-state index in [1.165, 1.54) is 11.8 Å². The number of sulfone groups is 1. The van der Waals surface area contributed by atoms with E-state index in [1.54, 1.807) is 60.4 Å². The largest absolute Gasteiger partial charge is 0.331 e. The molecule has 1 atom stereocenters. The molecule has 31 heavy (non-hydrogen) atoms. The number of rotatable bonds is 6. The van der Waals surface area contributed by atoms with Gasteiger partial charge in [0.05, 0.1) is 17.1 Å². The van der Waals surface area contributed by atoms with Crippen molar-refractivity contribution in [3.63, 3.8) is 0 Å². The molecule has 0 radical (unpaired) electrons. The summed E-state index contributed by atoms with van der Waals surface area (Å²) in [6.45, 7) is 0. The van der Waals surface area contributed by atoms with Gasteiger partial charge in [-0.05, 0) is 42.8 Å². The highest BCUT2D eigenvalue weighted by Crippen LogP contribution is 2.33. The lowest BCUT2D eigenvalue weighted by Gasteiger charge is -2.13. The summed E-state index contributed by atoms with van der Waals surface area (Å²) >= 11 is 1.43. The van der Waals surface area contributed by atoms with Crippen molar-refractivity contribution in [3.8, 4) is 0 Å². The molecule has 1 N–H and O–H groups in total. The Hall–Kier alpha value is -2.91. The third-order valence-electron chi connectivity index (χ3n) is 5.05. The maximum absolute atomic E-state index is 12.9. The maximum atomic E-state index is 12.9. The summed E-state index contributed by atoms with van der Waals surface area (Å²) in [5, 5.41) is 2.80. The molecule has 0 saturated carbocycles. The summed E-state index contributed by atoms with van der Waals surface area (Å²) < 4.78 is 25.1. The lowest BCUT2D eigenvalue weighted by molar-refractivity contribution is 0.101. The molecule has 1 saturated heterocycles. The first-order chi connectivity index (χ1) is 14.8. The molecule has 160 valence electrons. The minimum absolute atomic E-state index is 0.0460. The Bertz CT molecular complexity index is 1230. The molecule has 9 heteroatoms. The fraction of sp³-hybridized carbons (Fsp3) is 0.227. The first kappa shape index (κ1) is 21.3. The summed E-state index contributed by atoms with van der Waals surface area (Å²) in [4.78, 5) is 30.2. The fourth-order valence-electron chi connectivity index (χ4n) is 3.41. The first-order valence-electron chi connectivity index (χ1n) is 9.72. The summed E-state index contributed by atoms with van der Waals surface area (Å²) in [5.41, 5.74) is 1.53. The molecule has 1 aliphatic rings. The van der Waals surface area contributed by atoms with Crippen molar-refractivity contribution in [3.05, 3.63) is 77.9 Å². The number of carbonyl (C=O) groups excluding carboxylic acids is 2. The van der Waals surface area contributed by atoms with Gasteiger partial charge in [0.25, 0.3) is 5.91 Å². The van der Waals surface area contributed by atoms with Crippen LogP contribution in [0.2, 0.25) is 0 Å². The Morgan fingerprint density at radius 3 is 2.52 bits per heavy atom.